The van der Waals surface area contributed by atoms with Crippen molar-refractivity contribution in [1.82, 2.24) is 5.32 Å². The van der Waals surface area contributed by atoms with E-state index >= 15 is 0 Å². The first-order valence-corrected chi connectivity index (χ1v) is 12.4. The largest absolute Gasteiger partial charge is 0.495 e. The Hall–Kier alpha value is -3.23. The van der Waals surface area contributed by atoms with Crippen LogP contribution in [0.1, 0.15) is 12.5 Å². The first-order chi connectivity index (χ1) is 16.2. The average Bonchev–Trinajstić information content (AvgIpc) is 2.82. The molecule has 180 valence electrons. The highest BCUT2D eigenvalue weighted by Gasteiger charge is 2.28. The van der Waals surface area contributed by atoms with Crippen LogP contribution in [-0.2, 0) is 14.8 Å². The molecule has 1 atom stereocenters. The van der Waals surface area contributed by atoms with Gasteiger partial charge in [0.25, 0.3) is 10.0 Å². The predicted octanol–water partition coefficient (Wildman–Crippen LogP) is 4.44. The summed E-state index contributed by atoms with van der Waals surface area (Å²) in [6.07, 6.45) is 0. The van der Waals surface area contributed by atoms with E-state index in [1.807, 2.05) is 31.2 Å². The van der Waals surface area contributed by atoms with Crippen LogP contribution in [0.2, 0.25) is 5.02 Å². The average molecular weight is 503 g/mol. The third kappa shape index (κ3) is 6.21. The highest BCUT2D eigenvalue weighted by atomic mass is 35.5. The smallest absolute Gasteiger partial charge is 0.264 e. The lowest BCUT2D eigenvalue weighted by atomic mass is 10.2. The van der Waals surface area contributed by atoms with Crippen molar-refractivity contribution in [3.63, 3.8) is 0 Å². The molecule has 1 amide bonds. The van der Waals surface area contributed by atoms with Crippen LogP contribution in [0.4, 0.5) is 5.69 Å². The summed E-state index contributed by atoms with van der Waals surface area (Å²) in [4.78, 5) is 12.9. The number of nitrogens with zero attached hydrogens (tertiary/aromatic N) is 1. The molecule has 0 aliphatic rings. The number of carbonyl (C=O) groups excluding carboxylic acids is 1. The summed E-state index contributed by atoms with van der Waals surface area (Å²) >= 11 is 6.24. The van der Waals surface area contributed by atoms with Gasteiger partial charge in [-0.05, 0) is 55.8 Å². The zero-order chi connectivity index (χ0) is 24.7. The molecule has 0 aromatic heterocycles. The number of sulfonamides is 1. The molecular formula is C25H27ClN2O5S. The fourth-order valence-corrected chi connectivity index (χ4v) is 4.96. The molecule has 0 heterocycles. The Morgan fingerprint density at radius 1 is 1.03 bits per heavy atom. The number of benzene rings is 3. The van der Waals surface area contributed by atoms with E-state index < -0.39 is 22.5 Å². The second-order valence-corrected chi connectivity index (χ2v) is 9.96. The highest BCUT2D eigenvalue weighted by Crippen LogP contribution is 2.31. The first-order valence-electron chi connectivity index (χ1n) is 10.6. The van der Waals surface area contributed by atoms with Crippen molar-refractivity contribution in [1.29, 1.82) is 0 Å². The normalized spacial score (nSPS) is 12.0. The maximum atomic E-state index is 13.4. The van der Waals surface area contributed by atoms with Crippen LogP contribution in [0.25, 0.3) is 0 Å². The van der Waals surface area contributed by atoms with E-state index in [0.29, 0.717) is 5.75 Å². The molecule has 3 aromatic carbocycles. The number of nitrogens with one attached hydrogen (secondary N) is 1. The monoisotopic (exact) mass is 502 g/mol. The van der Waals surface area contributed by atoms with E-state index in [-0.39, 0.29) is 28.3 Å². The Morgan fingerprint density at radius 3 is 2.35 bits per heavy atom. The summed E-state index contributed by atoms with van der Waals surface area (Å²) in [5.41, 5.74) is 1.23. The number of anilines is 1. The van der Waals surface area contributed by atoms with Crippen molar-refractivity contribution < 1.29 is 22.7 Å². The summed E-state index contributed by atoms with van der Waals surface area (Å²) in [7, 11) is -2.57. The molecule has 0 saturated heterocycles. The van der Waals surface area contributed by atoms with Crippen molar-refractivity contribution in [2.24, 2.45) is 0 Å². The number of halogens is 1. The van der Waals surface area contributed by atoms with Gasteiger partial charge in [0, 0.05) is 0 Å². The SMILES string of the molecule is COc1ccc(N(CC(=O)NC(C)COc2ccccc2C)S(=O)(=O)c2ccccc2)cc1Cl. The second kappa shape index (κ2) is 11.3. The molecule has 0 fully saturated rings. The number of rotatable bonds is 10. The molecule has 9 heteroatoms. The van der Waals surface area contributed by atoms with Crippen molar-refractivity contribution in [3.05, 3.63) is 83.4 Å². The molecular weight excluding hydrogens is 476 g/mol. The zero-order valence-electron chi connectivity index (χ0n) is 19.2. The van der Waals surface area contributed by atoms with Gasteiger partial charge in [0.2, 0.25) is 5.91 Å². The van der Waals surface area contributed by atoms with Gasteiger partial charge in [-0.25, -0.2) is 8.42 Å². The second-order valence-electron chi connectivity index (χ2n) is 7.69. The number of ether oxygens (including phenoxy) is 2. The van der Waals surface area contributed by atoms with Gasteiger partial charge in [0.15, 0.2) is 0 Å². The lowest BCUT2D eigenvalue weighted by Gasteiger charge is -2.25. The minimum atomic E-state index is -4.04. The number of hydrogen-bond donors (Lipinski definition) is 1. The van der Waals surface area contributed by atoms with Gasteiger partial charge >= 0.3 is 0 Å². The van der Waals surface area contributed by atoms with Gasteiger partial charge in [0.05, 0.1) is 28.8 Å². The maximum Gasteiger partial charge on any atom is 0.264 e. The number of aryl methyl sites for hydroxylation is 1. The van der Waals surface area contributed by atoms with Crippen LogP contribution < -0.4 is 19.1 Å². The maximum absolute atomic E-state index is 13.4. The molecule has 0 radical (unpaired) electrons. The van der Waals surface area contributed by atoms with Crippen LogP contribution in [0.5, 0.6) is 11.5 Å². The minimum Gasteiger partial charge on any atom is -0.495 e. The summed E-state index contributed by atoms with van der Waals surface area (Å²) in [6, 6.07) is 19.7. The number of carbonyl (C=O) groups is 1. The molecule has 0 spiro atoms. The van der Waals surface area contributed by atoms with Crippen LogP contribution in [-0.4, -0.2) is 40.6 Å². The van der Waals surface area contributed by atoms with Crippen molar-refractivity contribution in [3.8, 4) is 11.5 Å². The van der Waals surface area contributed by atoms with Crippen LogP contribution in [0.15, 0.2) is 77.7 Å². The molecule has 0 bridgehead atoms. The summed E-state index contributed by atoms with van der Waals surface area (Å²) in [5.74, 6) is 0.644. The van der Waals surface area contributed by atoms with Crippen molar-refractivity contribution in [2.75, 3.05) is 24.6 Å². The Labute approximate surface area is 205 Å². The van der Waals surface area contributed by atoms with Crippen LogP contribution in [0.3, 0.4) is 0 Å². The molecule has 1 N–H and O–H groups in total. The fourth-order valence-electron chi connectivity index (χ4n) is 3.27. The van der Waals surface area contributed by atoms with Gasteiger partial charge in [-0.15, -0.1) is 0 Å². The van der Waals surface area contributed by atoms with Crippen molar-refractivity contribution in [2.45, 2.75) is 24.8 Å². The van der Waals surface area contributed by atoms with E-state index in [1.165, 1.54) is 25.3 Å². The lowest BCUT2D eigenvalue weighted by Crippen LogP contribution is -2.45. The van der Waals surface area contributed by atoms with E-state index in [0.717, 1.165) is 15.6 Å². The molecule has 3 aromatic rings. The van der Waals surface area contributed by atoms with Gasteiger partial charge < -0.3 is 14.8 Å². The lowest BCUT2D eigenvalue weighted by molar-refractivity contribution is -0.120. The number of para-hydroxylation sites is 1. The molecule has 1 unspecified atom stereocenters. The third-order valence-electron chi connectivity index (χ3n) is 5.03. The quantitative estimate of drug-likeness (QED) is 0.443. The van der Waals surface area contributed by atoms with Gasteiger partial charge in [0.1, 0.15) is 24.7 Å². The number of amides is 1. The number of hydrogen-bond acceptors (Lipinski definition) is 5. The minimum absolute atomic E-state index is 0.0608. The van der Waals surface area contributed by atoms with E-state index in [2.05, 4.69) is 5.32 Å². The summed E-state index contributed by atoms with van der Waals surface area (Å²) in [5, 5.41) is 3.03. The van der Waals surface area contributed by atoms with Gasteiger partial charge in [-0.2, -0.15) is 0 Å². The topological polar surface area (TPSA) is 84.9 Å². The molecule has 0 aliphatic heterocycles. The summed E-state index contributed by atoms with van der Waals surface area (Å²) < 4.78 is 38.8. The standard InChI is InChI=1S/C25H27ClN2O5S/c1-18-9-7-8-12-23(18)33-17-19(2)27-25(29)16-28(20-13-14-24(32-3)22(26)15-20)34(30,31)21-10-5-4-6-11-21/h4-15,19H,16-17H2,1-3H3,(H,27,29). The van der Waals surface area contributed by atoms with E-state index in [4.69, 9.17) is 21.1 Å². The molecule has 34 heavy (non-hydrogen) atoms. The summed E-state index contributed by atoms with van der Waals surface area (Å²) in [6.45, 7) is 3.52. The van der Waals surface area contributed by atoms with Crippen LogP contribution in [0, 0.1) is 6.92 Å². The highest BCUT2D eigenvalue weighted by molar-refractivity contribution is 7.92. The van der Waals surface area contributed by atoms with Crippen LogP contribution >= 0.6 is 11.6 Å². The molecule has 7 nitrogen and oxygen atoms in total. The van der Waals surface area contributed by atoms with Gasteiger partial charge in [-0.3, -0.25) is 9.10 Å². The molecule has 0 saturated carbocycles. The third-order valence-corrected chi connectivity index (χ3v) is 7.12. The van der Waals surface area contributed by atoms with Crippen molar-refractivity contribution >= 4 is 33.2 Å². The number of methoxy groups -OCH3 is 1. The molecule has 0 aliphatic carbocycles. The first kappa shape index (κ1) is 25.4. The van der Waals surface area contributed by atoms with E-state index in [1.54, 1.807) is 37.3 Å². The Bertz CT molecular complexity index is 1240. The van der Waals surface area contributed by atoms with E-state index in [9.17, 15) is 13.2 Å². The fraction of sp³-hybridized carbons (Fsp3) is 0.240. The Balaban J connectivity index is 1.79. The molecule has 3 rings (SSSR count). The Kier molecular flexibility index (Phi) is 8.41. The zero-order valence-corrected chi connectivity index (χ0v) is 20.8. The van der Waals surface area contributed by atoms with Gasteiger partial charge in [-0.1, -0.05) is 48.0 Å². The predicted molar refractivity (Wildman–Crippen MR) is 133 cm³/mol. The Morgan fingerprint density at radius 2 is 1.71 bits per heavy atom.